The van der Waals surface area contributed by atoms with Gasteiger partial charge in [0.2, 0.25) is 0 Å². The highest BCUT2D eigenvalue weighted by Crippen LogP contribution is 2.41. The molecule has 47 heavy (non-hydrogen) atoms. The number of piperidine rings is 1. The van der Waals surface area contributed by atoms with Crippen LogP contribution in [0.2, 0.25) is 0 Å². The molecule has 0 amide bonds. The summed E-state index contributed by atoms with van der Waals surface area (Å²) in [6.07, 6.45) is 5.17. The van der Waals surface area contributed by atoms with Gasteiger partial charge in [-0.3, -0.25) is 14.5 Å². The largest absolute Gasteiger partial charge is 0.372 e. The van der Waals surface area contributed by atoms with Gasteiger partial charge in [-0.1, -0.05) is 27.7 Å². The van der Waals surface area contributed by atoms with Crippen LogP contribution in [0.25, 0.3) is 0 Å². The summed E-state index contributed by atoms with van der Waals surface area (Å²) in [6, 6.07) is 16.6. The summed E-state index contributed by atoms with van der Waals surface area (Å²) in [5, 5.41) is 0. The van der Waals surface area contributed by atoms with Crippen LogP contribution in [-0.4, -0.2) is 78.3 Å². The first-order valence-electron chi connectivity index (χ1n) is 17.9. The second-order valence-electron chi connectivity index (χ2n) is 17.6. The number of benzene rings is 2. The molecule has 5 rings (SSSR count). The van der Waals surface area contributed by atoms with Crippen LogP contribution < -0.4 is 9.80 Å². The summed E-state index contributed by atoms with van der Waals surface area (Å²) in [6.45, 7) is 28.9. The zero-order chi connectivity index (χ0) is 34.4. The maximum atomic E-state index is 13.8. The minimum Gasteiger partial charge on any atom is -0.372 e. The molecule has 3 heterocycles. The molecule has 6 heteroatoms. The second-order valence-corrected chi connectivity index (χ2v) is 17.6. The topological polar surface area (TPSA) is 47.1 Å². The molecule has 256 valence electrons. The highest BCUT2D eigenvalue weighted by atomic mass is 16.1. The van der Waals surface area contributed by atoms with Gasteiger partial charge in [-0.2, -0.15) is 0 Å². The standard InChI is InChI=1S/C41H60N4O2/c1-38(2,3)44-24-20-40(7,8)34(28-44)36(46)30-12-16-32(17-13-30)42-22-11-23-43(27-26-42)33-18-14-31(15-19-33)37(47)35-29-45(39(4,5)6)25-21-41(35,9)10/h12-19,28,35H,11,20-27,29H2,1-10H3. The van der Waals surface area contributed by atoms with E-state index in [2.05, 4.69) is 119 Å². The summed E-state index contributed by atoms with van der Waals surface area (Å²) in [4.78, 5) is 37.2. The molecule has 2 saturated heterocycles. The van der Waals surface area contributed by atoms with E-state index in [1.807, 2.05) is 24.3 Å². The summed E-state index contributed by atoms with van der Waals surface area (Å²) in [5.41, 5.74) is 4.74. The second kappa shape index (κ2) is 13.1. The Hall–Kier alpha value is -3.12. The van der Waals surface area contributed by atoms with Crippen molar-refractivity contribution in [1.29, 1.82) is 0 Å². The molecule has 0 N–H and O–H groups in total. The van der Waals surface area contributed by atoms with Crippen molar-refractivity contribution in [3.05, 3.63) is 71.4 Å². The van der Waals surface area contributed by atoms with Crippen molar-refractivity contribution in [2.75, 3.05) is 55.6 Å². The Balaban J connectivity index is 1.22. The maximum Gasteiger partial charge on any atom is 0.191 e. The van der Waals surface area contributed by atoms with Crippen LogP contribution in [-0.2, 0) is 0 Å². The molecule has 0 bridgehead atoms. The van der Waals surface area contributed by atoms with Crippen LogP contribution in [0.1, 0.15) is 109 Å². The Morgan fingerprint density at radius 3 is 1.70 bits per heavy atom. The van der Waals surface area contributed by atoms with Crippen molar-refractivity contribution >= 4 is 22.9 Å². The molecule has 3 aliphatic rings. The number of hydrogen-bond donors (Lipinski definition) is 0. The predicted octanol–water partition coefficient (Wildman–Crippen LogP) is 8.33. The first kappa shape index (κ1) is 35.2. The third-order valence-corrected chi connectivity index (χ3v) is 11.2. The lowest BCUT2D eigenvalue weighted by Crippen LogP contribution is -2.54. The molecule has 1 unspecified atom stereocenters. The Morgan fingerprint density at radius 1 is 0.660 bits per heavy atom. The highest BCUT2D eigenvalue weighted by Gasteiger charge is 2.42. The van der Waals surface area contributed by atoms with Gasteiger partial charge in [-0.25, -0.2) is 0 Å². The summed E-state index contributed by atoms with van der Waals surface area (Å²) in [7, 11) is 0. The van der Waals surface area contributed by atoms with E-state index in [-0.39, 0.29) is 39.4 Å². The molecule has 2 aromatic carbocycles. The lowest BCUT2D eigenvalue weighted by Gasteiger charge is -2.48. The van der Waals surface area contributed by atoms with Crippen molar-refractivity contribution in [1.82, 2.24) is 9.80 Å². The van der Waals surface area contributed by atoms with E-state index < -0.39 is 0 Å². The Labute approximate surface area is 285 Å². The minimum absolute atomic E-state index is 0.00110. The normalized spacial score (nSPS) is 22.5. The molecule has 0 aromatic heterocycles. The average molecular weight is 641 g/mol. The monoisotopic (exact) mass is 640 g/mol. The third-order valence-electron chi connectivity index (χ3n) is 11.2. The van der Waals surface area contributed by atoms with Gasteiger partial charge >= 0.3 is 0 Å². The lowest BCUT2D eigenvalue weighted by atomic mass is 9.69. The van der Waals surface area contributed by atoms with Gasteiger partial charge in [0.05, 0.1) is 0 Å². The number of ketones is 2. The molecule has 2 aromatic rings. The van der Waals surface area contributed by atoms with Crippen LogP contribution in [0.4, 0.5) is 11.4 Å². The number of anilines is 2. The summed E-state index contributed by atoms with van der Waals surface area (Å²) < 4.78 is 0. The van der Waals surface area contributed by atoms with Gasteiger partial charge in [-0.15, -0.1) is 0 Å². The number of likely N-dealkylation sites (tertiary alicyclic amines) is 1. The number of nitrogens with zero attached hydrogens (tertiary/aromatic N) is 4. The minimum atomic E-state index is -0.142. The Kier molecular flexibility index (Phi) is 9.78. The van der Waals surface area contributed by atoms with Crippen LogP contribution in [0.5, 0.6) is 0 Å². The van der Waals surface area contributed by atoms with Gasteiger partial charge in [0.25, 0.3) is 0 Å². The van der Waals surface area contributed by atoms with Crippen molar-refractivity contribution in [2.45, 2.75) is 99.6 Å². The lowest BCUT2D eigenvalue weighted by molar-refractivity contribution is 0.0126. The number of hydrogen-bond acceptors (Lipinski definition) is 6. The van der Waals surface area contributed by atoms with Crippen molar-refractivity contribution in [2.24, 2.45) is 16.7 Å². The quantitative estimate of drug-likeness (QED) is 0.296. The van der Waals surface area contributed by atoms with Gasteiger partial charge < -0.3 is 14.7 Å². The Bertz CT molecular complexity index is 1460. The van der Waals surface area contributed by atoms with Crippen molar-refractivity contribution in [3.63, 3.8) is 0 Å². The number of rotatable bonds is 6. The molecule has 0 radical (unpaired) electrons. The first-order valence-corrected chi connectivity index (χ1v) is 17.9. The molecule has 2 fully saturated rings. The van der Waals surface area contributed by atoms with E-state index in [9.17, 15) is 9.59 Å². The molecular weight excluding hydrogens is 580 g/mol. The van der Waals surface area contributed by atoms with Crippen molar-refractivity contribution in [3.8, 4) is 0 Å². The number of carbonyl (C=O) groups excluding carboxylic acids is 2. The third kappa shape index (κ3) is 7.80. The fourth-order valence-electron chi connectivity index (χ4n) is 7.48. The predicted molar refractivity (Wildman–Crippen MR) is 197 cm³/mol. The number of carbonyl (C=O) groups is 2. The molecule has 0 spiro atoms. The molecule has 1 atom stereocenters. The van der Waals surface area contributed by atoms with Crippen LogP contribution in [0, 0.1) is 16.7 Å². The molecule has 3 aliphatic heterocycles. The van der Waals surface area contributed by atoms with E-state index in [1.165, 1.54) is 5.69 Å². The first-order chi connectivity index (χ1) is 21.9. The van der Waals surface area contributed by atoms with E-state index in [1.54, 1.807) is 0 Å². The smallest absolute Gasteiger partial charge is 0.191 e. The number of allylic oxidation sites excluding steroid dienone is 1. The average Bonchev–Trinajstić information content (AvgIpc) is 3.26. The summed E-state index contributed by atoms with van der Waals surface area (Å²) in [5.74, 6) is 0.409. The zero-order valence-corrected chi connectivity index (χ0v) is 30.9. The zero-order valence-electron chi connectivity index (χ0n) is 30.9. The molecular formula is C41H60N4O2. The van der Waals surface area contributed by atoms with E-state index in [0.717, 1.165) is 87.5 Å². The Morgan fingerprint density at radius 2 is 1.19 bits per heavy atom. The van der Waals surface area contributed by atoms with Crippen LogP contribution >= 0.6 is 0 Å². The van der Waals surface area contributed by atoms with Crippen LogP contribution in [0.15, 0.2) is 60.3 Å². The molecule has 0 saturated carbocycles. The van der Waals surface area contributed by atoms with Crippen molar-refractivity contribution < 1.29 is 9.59 Å². The highest BCUT2D eigenvalue weighted by molar-refractivity contribution is 6.09. The maximum absolute atomic E-state index is 13.8. The fraction of sp³-hybridized carbons (Fsp3) is 0.610. The number of Topliss-reactive ketones (excluding diaryl/α,β-unsaturated/α-hetero) is 2. The molecule has 0 aliphatic carbocycles. The van der Waals surface area contributed by atoms with Gasteiger partial charge in [0, 0.05) is 90.5 Å². The molecule has 6 nitrogen and oxygen atoms in total. The van der Waals surface area contributed by atoms with Gasteiger partial charge in [0.1, 0.15) is 0 Å². The SMILES string of the molecule is CC1(C)CCN(C(C)(C)C)C=C1C(=O)c1ccc(N2CCCN(c3ccc(C(=O)C4CN(C(C)(C)C)CCC4(C)C)cc3)CC2)cc1. The van der Waals surface area contributed by atoms with Gasteiger partial charge in [0.15, 0.2) is 11.6 Å². The van der Waals surface area contributed by atoms with Crippen LogP contribution in [0.3, 0.4) is 0 Å². The van der Waals surface area contributed by atoms with Gasteiger partial charge in [-0.05, 0) is 127 Å². The van der Waals surface area contributed by atoms with E-state index in [0.29, 0.717) is 0 Å². The van der Waals surface area contributed by atoms with E-state index in [4.69, 9.17) is 0 Å². The van der Waals surface area contributed by atoms with E-state index >= 15 is 0 Å². The fourth-order valence-corrected chi connectivity index (χ4v) is 7.48. The summed E-state index contributed by atoms with van der Waals surface area (Å²) >= 11 is 0.